The molecule has 1 aromatic heterocycles. The summed E-state index contributed by atoms with van der Waals surface area (Å²) in [7, 11) is 1.62. The number of thiophene rings is 1. The quantitative estimate of drug-likeness (QED) is 0.577. The van der Waals surface area contributed by atoms with Crippen molar-refractivity contribution in [3.05, 3.63) is 51.7 Å². The Kier molecular flexibility index (Phi) is 5.32. The highest BCUT2D eigenvalue weighted by Crippen LogP contribution is 2.26. The molecule has 0 fully saturated rings. The van der Waals surface area contributed by atoms with Crippen LogP contribution in [0.4, 0.5) is 0 Å². The van der Waals surface area contributed by atoms with Gasteiger partial charge in [0, 0.05) is 7.11 Å². The van der Waals surface area contributed by atoms with E-state index in [2.05, 4.69) is 6.92 Å². The molecule has 3 nitrogen and oxygen atoms in total. The van der Waals surface area contributed by atoms with Gasteiger partial charge in [0.2, 0.25) is 5.78 Å². The first-order valence-electron chi connectivity index (χ1n) is 6.59. The molecule has 2 aromatic rings. The molecular weight excluding hydrogens is 272 g/mol. The van der Waals surface area contributed by atoms with E-state index in [1.165, 1.54) is 11.3 Å². The number of rotatable bonds is 7. The van der Waals surface area contributed by atoms with Crippen LogP contribution < -0.4 is 4.74 Å². The molecule has 0 saturated heterocycles. The molecule has 1 heterocycles. The zero-order valence-corrected chi connectivity index (χ0v) is 12.5. The van der Waals surface area contributed by atoms with Gasteiger partial charge in [-0.2, -0.15) is 0 Å². The van der Waals surface area contributed by atoms with Crippen molar-refractivity contribution in [3.63, 3.8) is 0 Å². The third kappa shape index (κ3) is 3.26. The largest absolute Gasteiger partial charge is 0.490 e. The molecule has 0 unspecified atom stereocenters. The van der Waals surface area contributed by atoms with Crippen LogP contribution in [0.25, 0.3) is 0 Å². The van der Waals surface area contributed by atoms with Crippen LogP contribution in [-0.2, 0) is 11.2 Å². The van der Waals surface area contributed by atoms with Crippen LogP contribution in [0.2, 0.25) is 0 Å². The van der Waals surface area contributed by atoms with Crippen molar-refractivity contribution in [1.29, 1.82) is 0 Å². The first-order valence-corrected chi connectivity index (χ1v) is 7.47. The Balaban J connectivity index is 2.25. The van der Waals surface area contributed by atoms with Crippen LogP contribution in [0.15, 0.2) is 35.7 Å². The topological polar surface area (TPSA) is 35.5 Å². The van der Waals surface area contributed by atoms with E-state index in [9.17, 15) is 4.79 Å². The predicted octanol–water partition coefficient (Wildman–Crippen LogP) is 3.57. The zero-order chi connectivity index (χ0) is 14.4. The van der Waals surface area contributed by atoms with Gasteiger partial charge in [0.15, 0.2) is 0 Å². The lowest BCUT2D eigenvalue weighted by molar-refractivity contribution is 0.103. The van der Waals surface area contributed by atoms with Gasteiger partial charge in [0.05, 0.1) is 17.0 Å². The van der Waals surface area contributed by atoms with Gasteiger partial charge in [-0.25, -0.2) is 0 Å². The van der Waals surface area contributed by atoms with Gasteiger partial charge in [-0.3, -0.25) is 4.79 Å². The van der Waals surface area contributed by atoms with Crippen molar-refractivity contribution in [1.82, 2.24) is 0 Å². The molecule has 0 bridgehead atoms. The van der Waals surface area contributed by atoms with Crippen LogP contribution in [0, 0.1) is 0 Å². The second-order valence-electron chi connectivity index (χ2n) is 4.30. The predicted molar refractivity (Wildman–Crippen MR) is 80.9 cm³/mol. The lowest BCUT2D eigenvalue weighted by Gasteiger charge is -2.10. The Bertz CT molecular complexity index is 575. The Morgan fingerprint density at radius 1 is 1.20 bits per heavy atom. The molecule has 0 atom stereocenters. The van der Waals surface area contributed by atoms with E-state index in [-0.39, 0.29) is 5.78 Å². The summed E-state index contributed by atoms with van der Waals surface area (Å²) in [6.45, 7) is 2.99. The molecule has 106 valence electrons. The number of benzene rings is 1. The molecular formula is C16H18O3S. The van der Waals surface area contributed by atoms with Crippen molar-refractivity contribution in [3.8, 4) is 5.75 Å². The number of para-hydroxylation sites is 1. The molecule has 0 aliphatic carbocycles. The van der Waals surface area contributed by atoms with Gasteiger partial charge in [0.25, 0.3) is 0 Å². The molecule has 2 rings (SSSR count). The maximum atomic E-state index is 12.6. The highest BCUT2D eigenvalue weighted by molar-refractivity contribution is 7.12. The maximum Gasteiger partial charge on any atom is 0.206 e. The van der Waals surface area contributed by atoms with Gasteiger partial charge >= 0.3 is 0 Å². The third-order valence-corrected chi connectivity index (χ3v) is 3.97. The van der Waals surface area contributed by atoms with Crippen LogP contribution in [0.3, 0.4) is 0 Å². The third-order valence-electron chi connectivity index (χ3n) is 3.01. The van der Waals surface area contributed by atoms with Crippen molar-refractivity contribution >= 4 is 17.1 Å². The summed E-state index contributed by atoms with van der Waals surface area (Å²) in [5.41, 5.74) is 1.70. The van der Waals surface area contributed by atoms with Crippen LogP contribution >= 0.6 is 11.3 Å². The van der Waals surface area contributed by atoms with Crippen LogP contribution in [-0.4, -0.2) is 26.1 Å². The Hall–Kier alpha value is -1.65. The molecule has 0 amide bonds. The minimum Gasteiger partial charge on any atom is -0.490 e. The molecule has 1 aromatic carbocycles. The molecule has 0 N–H and O–H groups in total. The van der Waals surface area contributed by atoms with Crippen LogP contribution in [0.1, 0.15) is 27.7 Å². The van der Waals surface area contributed by atoms with Crippen LogP contribution in [0.5, 0.6) is 5.75 Å². The van der Waals surface area contributed by atoms with Gasteiger partial charge in [-0.1, -0.05) is 19.1 Å². The van der Waals surface area contributed by atoms with E-state index in [4.69, 9.17) is 9.47 Å². The molecule has 4 heteroatoms. The van der Waals surface area contributed by atoms with Gasteiger partial charge < -0.3 is 9.47 Å². The number of ether oxygens (including phenoxy) is 2. The van der Waals surface area contributed by atoms with E-state index in [1.54, 1.807) is 7.11 Å². The summed E-state index contributed by atoms with van der Waals surface area (Å²) in [6, 6.07) is 9.36. The standard InChI is InChI=1S/C16H18O3S/c1-3-12-8-11-20-16(12)15(17)13-6-4-5-7-14(13)19-10-9-18-2/h4-8,11H,3,9-10H2,1-2H3. The summed E-state index contributed by atoms with van der Waals surface area (Å²) in [5.74, 6) is 0.648. The number of aryl methyl sites for hydroxylation is 1. The number of ketones is 1. The molecule has 0 aliphatic heterocycles. The van der Waals surface area contributed by atoms with Crippen molar-refractivity contribution in [2.45, 2.75) is 13.3 Å². The highest BCUT2D eigenvalue weighted by Gasteiger charge is 2.18. The van der Waals surface area contributed by atoms with Gasteiger partial charge in [-0.15, -0.1) is 11.3 Å². The van der Waals surface area contributed by atoms with Crippen molar-refractivity contribution in [2.24, 2.45) is 0 Å². The second kappa shape index (κ2) is 7.22. The fraction of sp³-hybridized carbons (Fsp3) is 0.312. The van der Waals surface area contributed by atoms with E-state index < -0.39 is 0 Å². The number of carbonyl (C=O) groups excluding carboxylic acids is 1. The molecule has 20 heavy (non-hydrogen) atoms. The summed E-state index contributed by atoms with van der Waals surface area (Å²) in [5, 5.41) is 1.96. The smallest absolute Gasteiger partial charge is 0.206 e. The highest BCUT2D eigenvalue weighted by atomic mass is 32.1. The SMILES string of the molecule is CCc1ccsc1C(=O)c1ccccc1OCCOC. The molecule has 0 aliphatic rings. The molecule has 0 saturated carbocycles. The minimum absolute atomic E-state index is 0.0323. The summed E-state index contributed by atoms with van der Waals surface area (Å²) in [4.78, 5) is 13.4. The van der Waals surface area contributed by atoms with Crippen molar-refractivity contribution < 1.29 is 14.3 Å². The number of carbonyl (C=O) groups is 1. The lowest BCUT2D eigenvalue weighted by Crippen LogP contribution is -2.09. The minimum atomic E-state index is 0.0323. The second-order valence-corrected chi connectivity index (χ2v) is 5.21. The van der Waals surface area contributed by atoms with E-state index in [0.29, 0.717) is 24.5 Å². The summed E-state index contributed by atoms with van der Waals surface area (Å²) in [6.07, 6.45) is 0.858. The fourth-order valence-electron chi connectivity index (χ4n) is 1.95. The lowest BCUT2D eigenvalue weighted by atomic mass is 10.0. The monoisotopic (exact) mass is 290 g/mol. The molecule has 0 radical (unpaired) electrons. The normalized spacial score (nSPS) is 10.5. The summed E-state index contributed by atoms with van der Waals surface area (Å²) >= 11 is 1.48. The van der Waals surface area contributed by atoms with E-state index in [1.807, 2.05) is 35.7 Å². The average Bonchev–Trinajstić information content (AvgIpc) is 2.96. The number of hydrogen-bond donors (Lipinski definition) is 0. The Morgan fingerprint density at radius 2 is 2.00 bits per heavy atom. The number of hydrogen-bond acceptors (Lipinski definition) is 4. The molecule has 0 spiro atoms. The first kappa shape index (κ1) is 14.8. The number of methoxy groups -OCH3 is 1. The zero-order valence-electron chi connectivity index (χ0n) is 11.7. The van der Waals surface area contributed by atoms with Crippen molar-refractivity contribution in [2.75, 3.05) is 20.3 Å². The van der Waals surface area contributed by atoms with Gasteiger partial charge in [-0.05, 0) is 35.6 Å². The van der Waals surface area contributed by atoms with E-state index in [0.717, 1.165) is 16.9 Å². The fourth-order valence-corrected chi connectivity index (χ4v) is 2.90. The Labute approximate surface area is 123 Å². The summed E-state index contributed by atoms with van der Waals surface area (Å²) < 4.78 is 10.6. The first-order chi connectivity index (χ1) is 9.77. The Morgan fingerprint density at radius 3 is 2.75 bits per heavy atom. The van der Waals surface area contributed by atoms with Gasteiger partial charge in [0.1, 0.15) is 12.4 Å². The maximum absolute atomic E-state index is 12.6. The average molecular weight is 290 g/mol. The van der Waals surface area contributed by atoms with E-state index >= 15 is 0 Å².